The van der Waals surface area contributed by atoms with Crippen molar-refractivity contribution < 1.29 is 9.47 Å². The second kappa shape index (κ2) is 7.29. The van der Waals surface area contributed by atoms with E-state index in [2.05, 4.69) is 19.9 Å². The van der Waals surface area contributed by atoms with E-state index in [0.29, 0.717) is 6.61 Å². The number of unbranched alkanes of at least 4 members (excludes halogenated alkanes) is 1. The summed E-state index contributed by atoms with van der Waals surface area (Å²) in [4.78, 5) is 0. The monoisotopic (exact) mass is 222 g/mol. The Hall–Kier alpha value is -1.02. The average molecular weight is 222 g/mol. The minimum atomic E-state index is 0.109. The van der Waals surface area contributed by atoms with Gasteiger partial charge in [-0.3, -0.25) is 0 Å². The standard InChI is InChI=1S/C14H22O2/c1-4-5-10-15-11-13(3)16-14-9-7-6-8-12(14)2/h6-9,13H,4-5,10-11H2,1-3H3. The highest BCUT2D eigenvalue weighted by molar-refractivity contribution is 5.31. The highest BCUT2D eigenvalue weighted by atomic mass is 16.5. The van der Waals surface area contributed by atoms with E-state index in [1.165, 1.54) is 12.0 Å². The van der Waals surface area contributed by atoms with Crippen LogP contribution in [0.15, 0.2) is 24.3 Å². The topological polar surface area (TPSA) is 18.5 Å². The van der Waals surface area contributed by atoms with Gasteiger partial charge in [0.25, 0.3) is 0 Å². The molecule has 16 heavy (non-hydrogen) atoms. The molecule has 1 rings (SSSR count). The van der Waals surface area contributed by atoms with Gasteiger partial charge in [0.05, 0.1) is 6.61 Å². The zero-order valence-corrected chi connectivity index (χ0v) is 10.5. The quantitative estimate of drug-likeness (QED) is 0.656. The number of hydrogen-bond donors (Lipinski definition) is 0. The van der Waals surface area contributed by atoms with Gasteiger partial charge in [0.1, 0.15) is 11.9 Å². The molecule has 2 nitrogen and oxygen atoms in total. The van der Waals surface area contributed by atoms with Crippen LogP contribution >= 0.6 is 0 Å². The van der Waals surface area contributed by atoms with Gasteiger partial charge < -0.3 is 9.47 Å². The Morgan fingerprint density at radius 1 is 1.25 bits per heavy atom. The summed E-state index contributed by atoms with van der Waals surface area (Å²) in [7, 11) is 0. The van der Waals surface area contributed by atoms with Crippen molar-refractivity contribution in [3.8, 4) is 5.75 Å². The van der Waals surface area contributed by atoms with Gasteiger partial charge in [-0.15, -0.1) is 0 Å². The van der Waals surface area contributed by atoms with Gasteiger partial charge in [-0.2, -0.15) is 0 Å². The van der Waals surface area contributed by atoms with E-state index in [0.717, 1.165) is 18.8 Å². The van der Waals surface area contributed by atoms with Crippen LogP contribution in [0.2, 0.25) is 0 Å². The molecule has 0 bridgehead atoms. The molecule has 0 aromatic heterocycles. The number of para-hydroxylation sites is 1. The van der Waals surface area contributed by atoms with Gasteiger partial charge in [0, 0.05) is 6.61 Å². The molecule has 0 heterocycles. The smallest absolute Gasteiger partial charge is 0.122 e. The van der Waals surface area contributed by atoms with E-state index in [-0.39, 0.29) is 6.10 Å². The fourth-order valence-corrected chi connectivity index (χ4v) is 1.44. The Bertz CT molecular complexity index is 297. The summed E-state index contributed by atoms with van der Waals surface area (Å²) < 4.78 is 11.3. The molecule has 1 atom stereocenters. The lowest BCUT2D eigenvalue weighted by atomic mass is 10.2. The van der Waals surface area contributed by atoms with Crippen molar-refractivity contribution in [2.24, 2.45) is 0 Å². The summed E-state index contributed by atoms with van der Waals surface area (Å²) in [6, 6.07) is 8.06. The van der Waals surface area contributed by atoms with Gasteiger partial charge in [0.2, 0.25) is 0 Å². The van der Waals surface area contributed by atoms with Crippen molar-refractivity contribution in [2.75, 3.05) is 13.2 Å². The van der Waals surface area contributed by atoms with Crippen LogP contribution in [-0.2, 0) is 4.74 Å². The molecule has 2 heteroatoms. The Morgan fingerprint density at radius 3 is 2.69 bits per heavy atom. The summed E-state index contributed by atoms with van der Waals surface area (Å²) in [6.07, 6.45) is 2.40. The minimum Gasteiger partial charge on any atom is -0.488 e. The predicted octanol–water partition coefficient (Wildman–Crippen LogP) is 3.58. The predicted molar refractivity (Wildman–Crippen MR) is 67.0 cm³/mol. The van der Waals surface area contributed by atoms with E-state index >= 15 is 0 Å². The van der Waals surface area contributed by atoms with E-state index in [1.807, 2.05) is 25.1 Å². The van der Waals surface area contributed by atoms with Crippen molar-refractivity contribution >= 4 is 0 Å². The second-order valence-corrected chi connectivity index (χ2v) is 4.12. The first-order valence-corrected chi connectivity index (χ1v) is 6.04. The fraction of sp³-hybridized carbons (Fsp3) is 0.571. The van der Waals surface area contributed by atoms with Crippen LogP contribution in [0.3, 0.4) is 0 Å². The lowest BCUT2D eigenvalue weighted by Gasteiger charge is -2.16. The normalized spacial score (nSPS) is 12.4. The zero-order valence-electron chi connectivity index (χ0n) is 10.5. The summed E-state index contributed by atoms with van der Waals surface area (Å²) in [5.74, 6) is 0.953. The van der Waals surface area contributed by atoms with E-state index in [9.17, 15) is 0 Å². The number of rotatable bonds is 7. The third kappa shape index (κ3) is 4.67. The van der Waals surface area contributed by atoms with E-state index in [4.69, 9.17) is 9.47 Å². The molecule has 0 saturated carbocycles. The summed E-state index contributed by atoms with van der Waals surface area (Å²) in [6.45, 7) is 7.75. The molecule has 0 aliphatic carbocycles. The largest absolute Gasteiger partial charge is 0.488 e. The lowest BCUT2D eigenvalue weighted by Crippen LogP contribution is -2.19. The van der Waals surface area contributed by atoms with Crippen LogP contribution in [0.4, 0.5) is 0 Å². The highest BCUT2D eigenvalue weighted by Crippen LogP contribution is 2.17. The molecule has 0 aliphatic rings. The lowest BCUT2D eigenvalue weighted by molar-refractivity contribution is 0.0569. The van der Waals surface area contributed by atoms with Crippen LogP contribution < -0.4 is 4.74 Å². The Balaban J connectivity index is 2.28. The Morgan fingerprint density at radius 2 is 2.00 bits per heavy atom. The third-order valence-corrected chi connectivity index (χ3v) is 2.42. The number of aryl methyl sites for hydroxylation is 1. The third-order valence-electron chi connectivity index (χ3n) is 2.42. The first-order valence-electron chi connectivity index (χ1n) is 6.04. The summed E-state index contributed by atoms with van der Waals surface area (Å²) >= 11 is 0. The van der Waals surface area contributed by atoms with Crippen molar-refractivity contribution in [1.82, 2.24) is 0 Å². The molecule has 0 radical (unpaired) electrons. The molecule has 0 amide bonds. The van der Waals surface area contributed by atoms with Crippen LogP contribution in [0.5, 0.6) is 5.75 Å². The molecule has 1 unspecified atom stereocenters. The van der Waals surface area contributed by atoms with Gasteiger partial charge in [-0.25, -0.2) is 0 Å². The van der Waals surface area contributed by atoms with E-state index in [1.54, 1.807) is 0 Å². The molecule has 1 aromatic carbocycles. The van der Waals surface area contributed by atoms with Gasteiger partial charge in [-0.1, -0.05) is 31.5 Å². The van der Waals surface area contributed by atoms with Crippen molar-refractivity contribution in [3.05, 3.63) is 29.8 Å². The van der Waals surface area contributed by atoms with E-state index < -0.39 is 0 Å². The minimum absolute atomic E-state index is 0.109. The molecular weight excluding hydrogens is 200 g/mol. The molecule has 1 aromatic rings. The Labute approximate surface area is 98.6 Å². The number of ether oxygens (including phenoxy) is 2. The van der Waals surface area contributed by atoms with Gasteiger partial charge in [0.15, 0.2) is 0 Å². The van der Waals surface area contributed by atoms with Crippen LogP contribution in [-0.4, -0.2) is 19.3 Å². The summed E-state index contributed by atoms with van der Waals surface area (Å²) in [5.41, 5.74) is 1.17. The fourth-order valence-electron chi connectivity index (χ4n) is 1.44. The summed E-state index contributed by atoms with van der Waals surface area (Å²) in [5, 5.41) is 0. The number of hydrogen-bond acceptors (Lipinski definition) is 2. The molecule has 0 fully saturated rings. The second-order valence-electron chi connectivity index (χ2n) is 4.12. The first kappa shape index (κ1) is 13.0. The molecule has 0 spiro atoms. The van der Waals surface area contributed by atoms with Gasteiger partial charge in [-0.05, 0) is 31.9 Å². The maximum absolute atomic E-state index is 5.80. The SMILES string of the molecule is CCCCOCC(C)Oc1ccccc1C. The molecule has 90 valence electrons. The maximum Gasteiger partial charge on any atom is 0.122 e. The van der Waals surface area contributed by atoms with Crippen LogP contribution in [0.1, 0.15) is 32.3 Å². The van der Waals surface area contributed by atoms with Crippen LogP contribution in [0, 0.1) is 6.92 Å². The van der Waals surface area contributed by atoms with Gasteiger partial charge >= 0.3 is 0 Å². The van der Waals surface area contributed by atoms with Crippen molar-refractivity contribution in [3.63, 3.8) is 0 Å². The van der Waals surface area contributed by atoms with Crippen molar-refractivity contribution in [1.29, 1.82) is 0 Å². The zero-order chi connectivity index (χ0) is 11.8. The number of benzene rings is 1. The average Bonchev–Trinajstić information content (AvgIpc) is 2.28. The van der Waals surface area contributed by atoms with Crippen LogP contribution in [0.25, 0.3) is 0 Å². The first-order chi connectivity index (χ1) is 7.74. The maximum atomic E-state index is 5.80. The van der Waals surface area contributed by atoms with Crippen molar-refractivity contribution in [2.45, 2.75) is 39.7 Å². The highest BCUT2D eigenvalue weighted by Gasteiger charge is 2.05. The molecular formula is C14H22O2. The molecule has 0 N–H and O–H groups in total. The molecule has 0 saturated heterocycles. The molecule has 0 aliphatic heterocycles. The Kier molecular flexibility index (Phi) is 5.94.